The number of carbonyl (C=O) groups is 1. The molecular weight excluding hydrogens is 318 g/mol. The van der Waals surface area contributed by atoms with Crippen molar-refractivity contribution < 1.29 is 4.79 Å². The topological polar surface area (TPSA) is 73.0 Å². The monoisotopic (exact) mass is 337 g/mol. The molecule has 25 heavy (non-hydrogen) atoms. The van der Waals surface area contributed by atoms with Crippen LogP contribution in [0.25, 0.3) is 11.0 Å². The first kappa shape index (κ1) is 15.6. The van der Waals surface area contributed by atoms with Crippen LogP contribution in [0.4, 0.5) is 0 Å². The van der Waals surface area contributed by atoms with Crippen molar-refractivity contribution in [2.24, 2.45) is 7.05 Å². The Morgan fingerprint density at radius 2 is 2.16 bits per heavy atom. The predicted molar refractivity (Wildman–Crippen MR) is 93.5 cm³/mol. The number of nitrogens with zero attached hydrogens (tertiary/aromatic N) is 5. The molecule has 7 heteroatoms. The molecule has 0 aliphatic carbocycles. The van der Waals surface area contributed by atoms with Gasteiger partial charge >= 0.3 is 0 Å². The van der Waals surface area contributed by atoms with Crippen LogP contribution in [0.5, 0.6) is 0 Å². The number of rotatable bonds is 2. The Bertz CT molecular complexity index is 1010. The summed E-state index contributed by atoms with van der Waals surface area (Å²) >= 11 is 0. The van der Waals surface area contributed by atoms with Crippen molar-refractivity contribution in [2.75, 3.05) is 13.1 Å². The summed E-state index contributed by atoms with van der Waals surface area (Å²) in [5.41, 5.74) is 2.31. The van der Waals surface area contributed by atoms with Gasteiger partial charge in [-0.25, -0.2) is 9.97 Å². The number of carbonyl (C=O) groups excluding carboxylic acids is 1. The summed E-state index contributed by atoms with van der Waals surface area (Å²) in [6.45, 7) is 3.08. The maximum Gasteiger partial charge on any atom is 0.272 e. The molecule has 3 aromatic rings. The summed E-state index contributed by atoms with van der Waals surface area (Å²) in [6.07, 6.45) is 6.40. The van der Waals surface area contributed by atoms with Gasteiger partial charge in [-0.15, -0.1) is 0 Å². The number of hydrogen-bond acceptors (Lipinski definition) is 4. The SMILES string of the molecule is Cc1nc2cc(C(=O)N3CCC(n4ccnc4)C3)ccc2n(C)c1=O. The minimum atomic E-state index is -0.116. The number of fused-ring (bicyclic) bond motifs is 1. The van der Waals surface area contributed by atoms with Crippen LogP contribution in [0, 0.1) is 6.92 Å². The fourth-order valence-corrected chi connectivity index (χ4v) is 3.45. The minimum absolute atomic E-state index is 0.00202. The molecule has 1 saturated heterocycles. The van der Waals surface area contributed by atoms with Crippen molar-refractivity contribution in [3.8, 4) is 0 Å². The van der Waals surface area contributed by atoms with Crippen molar-refractivity contribution in [1.29, 1.82) is 0 Å². The zero-order valence-corrected chi connectivity index (χ0v) is 14.2. The van der Waals surface area contributed by atoms with Gasteiger partial charge < -0.3 is 14.0 Å². The molecule has 1 fully saturated rings. The van der Waals surface area contributed by atoms with E-state index in [2.05, 4.69) is 9.97 Å². The van der Waals surface area contributed by atoms with Gasteiger partial charge in [-0.1, -0.05) is 0 Å². The first-order chi connectivity index (χ1) is 12.0. The number of likely N-dealkylation sites (tertiary alicyclic amines) is 1. The summed E-state index contributed by atoms with van der Waals surface area (Å²) in [5.74, 6) is -0.00202. The maximum atomic E-state index is 12.8. The molecular formula is C18H19N5O2. The molecule has 4 rings (SSSR count). The number of imidazole rings is 1. The maximum absolute atomic E-state index is 12.8. The average molecular weight is 337 g/mol. The second-order valence-electron chi connectivity index (χ2n) is 6.47. The van der Waals surface area contributed by atoms with Crippen molar-refractivity contribution in [2.45, 2.75) is 19.4 Å². The fraction of sp³-hybridized carbons (Fsp3) is 0.333. The van der Waals surface area contributed by atoms with Gasteiger partial charge in [0, 0.05) is 38.1 Å². The van der Waals surface area contributed by atoms with Crippen LogP contribution < -0.4 is 5.56 Å². The van der Waals surface area contributed by atoms with Gasteiger partial charge in [-0.2, -0.15) is 0 Å². The Labute approximate surface area is 144 Å². The summed E-state index contributed by atoms with van der Waals surface area (Å²) in [5, 5.41) is 0. The Hall–Kier alpha value is -2.96. The molecule has 0 N–H and O–H groups in total. The van der Waals surface area contributed by atoms with Gasteiger partial charge in [0.25, 0.3) is 11.5 Å². The molecule has 3 heterocycles. The zero-order chi connectivity index (χ0) is 17.6. The van der Waals surface area contributed by atoms with Gasteiger partial charge in [0.15, 0.2) is 0 Å². The molecule has 1 unspecified atom stereocenters. The van der Waals surface area contributed by atoms with E-state index in [-0.39, 0.29) is 17.5 Å². The molecule has 7 nitrogen and oxygen atoms in total. The Kier molecular flexibility index (Phi) is 3.63. The highest BCUT2D eigenvalue weighted by Crippen LogP contribution is 2.23. The van der Waals surface area contributed by atoms with Crippen molar-refractivity contribution in [1.82, 2.24) is 24.0 Å². The highest BCUT2D eigenvalue weighted by Gasteiger charge is 2.28. The molecule has 0 bridgehead atoms. The molecule has 0 radical (unpaired) electrons. The summed E-state index contributed by atoms with van der Waals surface area (Å²) in [4.78, 5) is 35.1. The second-order valence-corrected chi connectivity index (χ2v) is 6.47. The van der Waals surface area contributed by atoms with E-state index in [1.54, 1.807) is 49.3 Å². The van der Waals surface area contributed by atoms with Crippen LogP contribution in [0.3, 0.4) is 0 Å². The van der Waals surface area contributed by atoms with Gasteiger partial charge in [0.05, 0.1) is 23.4 Å². The number of aryl methyl sites for hydroxylation is 2. The summed E-state index contributed by atoms with van der Waals surface area (Å²) < 4.78 is 3.62. The molecule has 1 aromatic carbocycles. The molecule has 2 aromatic heterocycles. The van der Waals surface area contributed by atoms with Gasteiger partial charge in [-0.05, 0) is 31.5 Å². The largest absolute Gasteiger partial charge is 0.336 e. The predicted octanol–water partition coefficient (Wildman–Crippen LogP) is 1.53. The van der Waals surface area contributed by atoms with Crippen molar-refractivity contribution in [3.05, 3.63) is 58.5 Å². The number of benzene rings is 1. The lowest BCUT2D eigenvalue weighted by molar-refractivity contribution is 0.0788. The van der Waals surface area contributed by atoms with Gasteiger partial charge in [0.1, 0.15) is 5.69 Å². The summed E-state index contributed by atoms with van der Waals surface area (Å²) in [7, 11) is 1.72. The Balaban J connectivity index is 1.62. The smallest absolute Gasteiger partial charge is 0.272 e. The Morgan fingerprint density at radius 1 is 1.32 bits per heavy atom. The van der Waals surface area contributed by atoms with Crippen LogP contribution in [0.1, 0.15) is 28.5 Å². The fourth-order valence-electron chi connectivity index (χ4n) is 3.45. The van der Waals surface area contributed by atoms with E-state index in [9.17, 15) is 9.59 Å². The Morgan fingerprint density at radius 3 is 2.92 bits per heavy atom. The van der Waals surface area contributed by atoms with Crippen LogP contribution in [0.2, 0.25) is 0 Å². The quantitative estimate of drug-likeness (QED) is 0.711. The first-order valence-corrected chi connectivity index (χ1v) is 8.28. The first-order valence-electron chi connectivity index (χ1n) is 8.28. The van der Waals surface area contributed by atoms with Crippen LogP contribution >= 0.6 is 0 Å². The lowest BCUT2D eigenvalue weighted by Gasteiger charge is -2.17. The lowest BCUT2D eigenvalue weighted by Crippen LogP contribution is -2.29. The molecule has 0 saturated carbocycles. The molecule has 1 aliphatic rings. The molecule has 1 aliphatic heterocycles. The lowest BCUT2D eigenvalue weighted by atomic mass is 10.1. The van der Waals surface area contributed by atoms with E-state index in [0.717, 1.165) is 18.5 Å². The zero-order valence-electron chi connectivity index (χ0n) is 14.2. The van der Waals surface area contributed by atoms with Gasteiger partial charge in [0.2, 0.25) is 0 Å². The minimum Gasteiger partial charge on any atom is -0.336 e. The van der Waals surface area contributed by atoms with Gasteiger partial charge in [-0.3, -0.25) is 9.59 Å². The van der Waals surface area contributed by atoms with E-state index in [1.807, 2.05) is 15.7 Å². The third kappa shape index (κ3) is 2.61. The highest BCUT2D eigenvalue weighted by molar-refractivity contribution is 5.97. The number of amides is 1. The third-order valence-corrected chi connectivity index (χ3v) is 4.88. The number of hydrogen-bond donors (Lipinski definition) is 0. The van der Waals surface area contributed by atoms with Crippen LogP contribution in [0.15, 0.2) is 41.7 Å². The molecule has 1 amide bonds. The summed E-state index contributed by atoms with van der Waals surface area (Å²) in [6, 6.07) is 5.60. The van der Waals surface area contributed by atoms with E-state index < -0.39 is 0 Å². The van der Waals surface area contributed by atoms with Crippen LogP contribution in [-0.2, 0) is 7.05 Å². The van der Waals surface area contributed by atoms with E-state index in [4.69, 9.17) is 0 Å². The normalized spacial score (nSPS) is 17.4. The molecule has 128 valence electrons. The van der Waals surface area contributed by atoms with E-state index in [0.29, 0.717) is 23.3 Å². The van der Waals surface area contributed by atoms with E-state index >= 15 is 0 Å². The average Bonchev–Trinajstić information content (AvgIpc) is 3.29. The van der Waals surface area contributed by atoms with E-state index in [1.165, 1.54) is 0 Å². The standard InChI is InChI=1S/C18H19N5O2/c1-12-17(24)21(2)16-4-3-13(9-15(16)20-12)18(25)22-7-5-14(10-22)23-8-6-19-11-23/h3-4,6,8-9,11,14H,5,7,10H2,1-2H3. The number of aromatic nitrogens is 4. The molecule has 1 atom stereocenters. The third-order valence-electron chi connectivity index (χ3n) is 4.88. The van der Waals surface area contributed by atoms with Crippen LogP contribution in [-0.4, -0.2) is 43.0 Å². The van der Waals surface area contributed by atoms with Crippen molar-refractivity contribution >= 4 is 16.9 Å². The second kappa shape index (κ2) is 5.84. The highest BCUT2D eigenvalue weighted by atomic mass is 16.2. The van der Waals surface area contributed by atoms with Crippen molar-refractivity contribution in [3.63, 3.8) is 0 Å². The molecule has 0 spiro atoms.